The first-order chi connectivity index (χ1) is 9.29. The molecule has 3 amide bonds. The number of rotatable bonds is 5. The largest absolute Gasteiger partial charge is 0.480 e. The van der Waals surface area contributed by atoms with Crippen molar-refractivity contribution >= 4 is 23.6 Å². The highest BCUT2D eigenvalue weighted by atomic mass is 19.1. The third-order valence-electron chi connectivity index (χ3n) is 2.42. The van der Waals surface area contributed by atoms with Gasteiger partial charge >= 0.3 is 12.0 Å². The highest BCUT2D eigenvalue weighted by Crippen LogP contribution is 2.13. The third-order valence-corrected chi connectivity index (χ3v) is 2.42. The number of carboxylic acids is 1. The first kappa shape index (κ1) is 15.4. The van der Waals surface area contributed by atoms with Gasteiger partial charge < -0.3 is 21.5 Å². The molecule has 0 fully saturated rings. The summed E-state index contributed by atoms with van der Waals surface area (Å²) < 4.78 is 13.0. The number of nitrogens with one attached hydrogen (secondary N) is 2. The van der Waals surface area contributed by atoms with Crippen LogP contribution in [0.5, 0.6) is 0 Å². The number of hydrogen-bond acceptors (Lipinski definition) is 3. The van der Waals surface area contributed by atoms with Crippen molar-refractivity contribution < 1.29 is 23.9 Å². The quantitative estimate of drug-likeness (QED) is 0.631. The number of primary amides is 1. The standard InChI is InChI=1S/C12H14FN3O4/c1-6-4-7(2-3-8(6)13)15-12(20)16-9(11(18)19)5-10(14)17/h2-4,9H,5H2,1H3,(H2,14,17)(H,18,19)(H2,15,16,20). The zero-order valence-corrected chi connectivity index (χ0v) is 10.6. The highest BCUT2D eigenvalue weighted by molar-refractivity contribution is 5.93. The average Bonchev–Trinajstić information content (AvgIpc) is 2.32. The normalized spacial score (nSPS) is 11.5. The van der Waals surface area contributed by atoms with Crippen LogP contribution in [0.2, 0.25) is 0 Å². The number of carboxylic acid groups (broad SMARTS) is 1. The lowest BCUT2D eigenvalue weighted by Gasteiger charge is -2.14. The van der Waals surface area contributed by atoms with Gasteiger partial charge in [0, 0.05) is 5.69 Å². The van der Waals surface area contributed by atoms with E-state index in [-0.39, 0.29) is 0 Å². The van der Waals surface area contributed by atoms with Crippen molar-refractivity contribution in [1.29, 1.82) is 0 Å². The smallest absolute Gasteiger partial charge is 0.326 e. The Bertz CT molecular complexity index is 548. The molecule has 0 bridgehead atoms. The molecule has 0 radical (unpaired) electrons. The van der Waals surface area contributed by atoms with E-state index in [9.17, 15) is 18.8 Å². The maximum atomic E-state index is 13.0. The predicted molar refractivity (Wildman–Crippen MR) is 68.5 cm³/mol. The number of carbonyl (C=O) groups is 3. The molecule has 0 saturated carbocycles. The lowest BCUT2D eigenvalue weighted by molar-refractivity contribution is -0.140. The van der Waals surface area contributed by atoms with Crippen LogP contribution in [-0.4, -0.2) is 29.1 Å². The summed E-state index contributed by atoms with van der Waals surface area (Å²) in [5.74, 6) is -2.65. The molecule has 0 spiro atoms. The van der Waals surface area contributed by atoms with E-state index in [0.717, 1.165) is 0 Å². The highest BCUT2D eigenvalue weighted by Gasteiger charge is 2.22. The van der Waals surface area contributed by atoms with Crippen LogP contribution in [0.15, 0.2) is 18.2 Å². The lowest BCUT2D eigenvalue weighted by atomic mass is 10.2. The van der Waals surface area contributed by atoms with Gasteiger partial charge in [-0.1, -0.05) is 0 Å². The van der Waals surface area contributed by atoms with Gasteiger partial charge in [0.05, 0.1) is 6.42 Å². The lowest BCUT2D eigenvalue weighted by Crippen LogP contribution is -2.45. The van der Waals surface area contributed by atoms with Gasteiger partial charge in [-0.15, -0.1) is 0 Å². The number of benzene rings is 1. The van der Waals surface area contributed by atoms with Crippen molar-refractivity contribution in [3.8, 4) is 0 Å². The predicted octanol–water partition coefficient (Wildman–Crippen LogP) is 0.584. The molecule has 1 rings (SSSR count). The van der Waals surface area contributed by atoms with Crippen LogP contribution in [-0.2, 0) is 9.59 Å². The van der Waals surface area contributed by atoms with Gasteiger partial charge in [-0.3, -0.25) is 4.79 Å². The molecule has 0 aliphatic rings. The van der Waals surface area contributed by atoms with Gasteiger partial charge in [0.15, 0.2) is 0 Å². The van der Waals surface area contributed by atoms with E-state index in [4.69, 9.17) is 10.8 Å². The second-order valence-corrected chi connectivity index (χ2v) is 4.12. The van der Waals surface area contributed by atoms with E-state index in [1.165, 1.54) is 25.1 Å². The Hall–Kier alpha value is -2.64. The van der Waals surface area contributed by atoms with E-state index in [1.807, 2.05) is 0 Å². The Labute approximate surface area is 114 Å². The summed E-state index contributed by atoms with van der Waals surface area (Å²) >= 11 is 0. The van der Waals surface area contributed by atoms with Crippen LogP contribution in [0, 0.1) is 12.7 Å². The zero-order chi connectivity index (χ0) is 15.3. The number of anilines is 1. The molecule has 5 N–H and O–H groups in total. The van der Waals surface area contributed by atoms with Crippen LogP contribution in [0.1, 0.15) is 12.0 Å². The minimum atomic E-state index is -1.42. The minimum absolute atomic E-state index is 0.296. The van der Waals surface area contributed by atoms with E-state index < -0.39 is 36.2 Å². The van der Waals surface area contributed by atoms with Crippen LogP contribution < -0.4 is 16.4 Å². The molecule has 108 valence electrons. The molecule has 1 aromatic carbocycles. The van der Waals surface area contributed by atoms with E-state index in [0.29, 0.717) is 11.3 Å². The van der Waals surface area contributed by atoms with Gasteiger partial charge in [0.1, 0.15) is 11.9 Å². The summed E-state index contributed by atoms with van der Waals surface area (Å²) in [6.45, 7) is 1.52. The van der Waals surface area contributed by atoms with Crippen molar-refractivity contribution in [2.45, 2.75) is 19.4 Å². The number of aryl methyl sites for hydroxylation is 1. The van der Waals surface area contributed by atoms with Crippen molar-refractivity contribution in [2.75, 3.05) is 5.32 Å². The molecular formula is C12H14FN3O4. The molecule has 1 atom stereocenters. The van der Waals surface area contributed by atoms with Crippen molar-refractivity contribution in [3.05, 3.63) is 29.6 Å². The number of urea groups is 1. The molecule has 0 aromatic heterocycles. The van der Waals surface area contributed by atoms with E-state index >= 15 is 0 Å². The molecular weight excluding hydrogens is 269 g/mol. The molecule has 8 heteroatoms. The Balaban J connectivity index is 2.67. The van der Waals surface area contributed by atoms with Crippen molar-refractivity contribution in [2.24, 2.45) is 5.73 Å². The molecule has 0 saturated heterocycles. The molecule has 0 heterocycles. The molecule has 0 aliphatic carbocycles. The maximum Gasteiger partial charge on any atom is 0.326 e. The van der Waals surface area contributed by atoms with Crippen LogP contribution in [0.4, 0.5) is 14.9 Å². The molecule has 7 nitrogen and oxygen atoms in total. The number of aliphatic carboxylic acids is 1. The van der Waals surface area contributed by atoms with Gasteiger partial charge in [0.2, 0.25) is 5.91 Å². The Morgan fingerprint density at radius 1 is 1.40 bits per heavy atom. The maximum absolute atomic E-state index is 13.0. The first-order valence-electron chi connectivity index (χ1n) is 5.64. The second kappa shape index (κ2) is 6.50. The number of carbonyl (C=O) groups excluding carboxylic acids is 2. The summed E-state index contributed by atoms with van der Waals surface area (Å²) in [5, 5.41) is 13.2. The van der Waals surface area contributed by atoms with Crippen LogP contribution in [0.3, 0.4) is 0 Å². The van der Waals surface area contributed by atoms with Gasteiger partial charge in [-0.2, -0.15) is 0 Å². The first-order valence-corrected chi connectivity index (χ1v) is 5.64. The summed E-state index contributed by atoms with van der Waals surface area (Å²) in [5.41, 5.74) is 5.50. The summed E-state index contributed by atoms with van der Waals surface area (Å²) in [6, 6.07) is 1.63. The number of nitrogens with two attached hydrogens (primary N) is 1. The second-order valence-electron chi connectivity index (χ2n) is 4.12. The number of halogens is 1. The van der Waals surface area contributed by atoms with Gasteiger partial charge in [-0.05, 0) is 30.7 Å². The van der Waals surface area contributed by atoms with Gasteiger partial charge in [-0.25, -0.2) is 14.0 Å². The molecule has 1 aromatic rings. The molecule has 20 heavy (non-hydrogen) atoms. The number of amides is 3. The Morgan fingerprint density at radius 2 is 2.05 bits per heavy atom. The Morgan fingerprint density at radius 3 is 2.55 bits per heavy atom. The topological polar surface area (TPSA) is 122 Å². The van der Waals surface area contributed by atoms with Crippen molar-refractivity contribution in [1.82, 2.24) is 5.32 Å². The summed E-state index contributed by atoms with van der Waals surface area (Å²) in [4.78, 5) is 33.1. The fourth-order valence-corrected chi connectivity index (χ4v) is 1.45. The molecule has 0 aliphatic heterocycles. The minimum Gasteiger partial charge on any atom is -0.480 e. The zero-order valence-electron chi connectivity index (χ0n) is 10.6. The number of hydrogen-bond donors (Lipinski definition) is 4. The fourth-order valence-electron chi connectivity index (χ4n) is 1.45. The molecule has 1 unspecified atom stereocenters. The fraction of sp³-hybridized carbons (Fsp3) is 0.250. The summed E-state index contributed by atoms with van der Waals surface area (Å²) in [7, 11) is 0. The Kier molecular flexibility index (Phi) is 5.01. The summed E-state index contributed by atoms with van der Waals surface area (Å²) in [6.07, 6.45) is -0.523. The van der Waals surface area contributed by atoms with Crippen molar-refractivity contribution in [3.63, 3.8) is 0 Å². The average molecular weight is 283 g/mol. The van der Waals surface area contributed by atoms with Gasteiger partial charge in [0.25, 0.3) is 0 Å². The third kappa shape index (κ3) is 4.56. The van der Waals surface area contributed by atoms with E-state index in [2.05, 4.69) is 10.6 Å². The van der Waals surface area contributed by atoms with E-state index in [1.54, 1.807) is 0 Å². The van der Waals surface area contributed by atoms with Crippen LogP contribution in [0.25, 0.3) is 0 Å². The van der Waals surface area contributed by atoms with Crippen LogP contribution >= 0.6 is 0 Å². The SMILES string of the molecule is Cc1cc(NC(=O)NC(CC(N)=O)C(=O)O)ccc1F. The monoisotopic (exact) mass is 283 g/mol.